The zero-order chi connectivity index (χ0) is 19.3. The maximum atomic E-state index is 10.3. The molecule has 0 fully saturated rings. The fourth-order valence-corrected chi connectivity index (χ4v) is 1.95. The SMILES string of the molecule is C1=CCC=C1.CCOP(OCC)OCC.COC(=O)C=CC(=O)OC.[Co]. The first kappa shape index (κ1) is 29.7. The molecule has 0 unspecified atom stereocenters. The van der Waals surface area contributed by atoms with Crippen molar-refractivity contribution in [3.8, 4) is 0 Å². The van der Waals surface area contributed by atoms with Crippen molar-refractivity contribution in [2.45, 2.75) is 27.2 Å². The van der Waals surface area contributed by atoms with Crippen molar-refractivity contribution in [2.75, 3.05) is 34.0 Å². The number of hydrogen-bond donors (Lipinski definition) is 0. The summed E-state index contributed by atoms with van der Waals surface area (Å²) < 4.78 is 23.9. The number of rotatable bonds is 8. The summed E-state index contributed by atoms with van der Waals surface area (Å²) in [5.74, 6) is -1.16. The van der Waals surface area contributed by atoms with Crippen LogP contribution in [0.5, 0.6) is 0 Å². The fourth-order valence-electron chi connectivity index (χ4n) is 1.09. The first-order valence-electron chi connectivity index (χ1n) is 7.90. The van der Waals surface area contributed by atoms with E-state index in [0.29, 0.717) is 19.8 Å². The second-order valence-electron chi connectivity index (χ2n) is 3.95. The van der Waals surface area contributed by atoms with Crippen LogP contribution in [0.25, 0.3) is 0 Å². The Labute approximate surface area is 167 Å². The van der Waals surface area contributed by atoms with Crippen molar-refractivity contribution < 1.29 is 49.4 Å². The number of hydrogen-bond acceptors (Lipinski definition) is 7. The molecule has 9 heteroatoms. The predicted octanol–water partition coefficient (Wildman–Crippen LogP) is 3.71. The molecule has 1 radical (unpaired) electrons. The zero-order valence-electron chi connectivity index (χ0n) is 15.9. The van der Waals surface area contributed by atoms with E-state index in [1.165, 1.54) is 14.2 Å². The van der Waals surface area contributed by atoms with Crippen molar-refractivity contribution in [3.63, 3.8) is 0 Å². The van der Waals surface area contributed by atoms with Gasteiger partial charge in [0.1, 0.15) is 0 Å². The zero-order valence-corrected chi connectivity index (χ0v) is 17.9. The van der Waals surface area contributed by atoms with Crippen molar-refractivity contribution in [1.82, 2.24) is 0 Å². The van der Waals surface area contributed by atoms with E-state index < -0.39 is 20.5 Å². The predicted molar refractivity (Wildman–Crippen MR) is 97.9 cm³/mol. The van der Waals surface area contributed by atoms with Gasteiger partial charge in [-0.2, -0.15) is 0 Å². The van der Waals surface area contributed by atoms with Gasteiger partial charge in [0.05, 0.1) is 34.0 Å². The Morgan fingerprint density at radius 3 is 1.38 bits per heavy atom. The van der Waals surface area contributed by atoms with Gasteiger partial charge in [0, 0.05) is 28.9 Å². The van der Waals surface area contributed by atoms with Crippen LogP contribution in [-0.2, 0) is 49.4 Å². The van der Waals surface area contributed by atoms with Crippen LogP contribution in [-0.4, -0.2) is 46.0 Å². The number of allylic oxidation sites excluding steroid dienone is 4. The van der Waals surface area contributed by atoms with E-state index in [-0.39, 0.29) is 16.8 Å². The van der Waals surface area contributed by atoms with E-state index in [1.54, 1.807) is 0 Å². The second kappa shape index (κ2) is 24.0. The van der Waals surface area contributed by atoms with Gasteiger partial charge in [0.15, 0.2) is 0 Å². The Bertz CT molecular complexity index is 383. The Kier molecular flexibility index (Phi) is 27.4. The number of carbonyl (C=O) groups excluding carboxylic acids is 2. The molecule has 153 valence electrons. The molecule has 26 heavy (non-hydrogen) atoms. The maximum Gasteiger partial charge on any atom is 0.332 e. The summed E-state index contributed by atoms with van der Waals surface area (Å²) in [7, 11) is 1.39. The molecule has 0 saturated heterocycles. The summed E-state index contributed by atoms with van der Waals surface area (Å²) in [6.45, 7) is 7.71. The normalized spacial score (nSPS) is 11.2. The van der Waals surface area contributed by atoms with Crippen LogP contribution in [0.4, 0.5) is 0 Å². The molecule has 0 N–H and O–H groups in total. The molecule has 0 saturated carbocycles. The van der Waals surface area contributed by atoms with Gasteiger partial charge < -0.3 is 23.0 Å². The Balaban J connectivity index is -0.000000314. The summed E-state index contributed by atoms with van der Waals surface area (Å²) in [6, 6.07) is 0. The van der Waals surface area contributed by atoms with E-state index in [4.69, 9.17) is 13.6 Å². The van der Waals surface area contributed by atoms with Gasteiger partial charge in [-0.3, -0.25) is 0 Å². The minimum absolute atomic E-state index is 0. The molecule has 1 aliphatic rings. The molecule has 0 aliphatic heterocycles. The average molecular weight is 435 g/mol. The van der Waals surface area contributed by atoms with Crippen LogP contribution < -0.4 is 0 Å². The summed E-state index contributed by atoms with van der Waals surface area (Å²) in [5, 5.41) is 0. The van der Waals surface area contributed by atoms with Gasteiger partial charge in [-0.05, 0) is 27.2 Å². The van der Waals surface area contributed by atoms with Gasteiger partial charge in [0.2, 0.25) is 0 Å². The fraction of sp³-hybridized carbons (Fsp3) is 0.529. The number of carbonyl (C=O) groups is 2. The molecule has 1 rings (SSSR count). The third-order valence-corrected chi connectivity index (χ3v) is 3.52. The summed E-state index contributed by atoms with van der Waals surface area (Å²) in [5.41, 5.74) is 0. The molecule has 0 aromatic carbocycles. The molecule has 7 nitrogen and oxygen atoms in total. The van der Waals surface area contributed by atoms with Crippen LogP contribution in [0.2, 0.25) is 0 Å². The van der Waals surface area contributed by atoms with Gasteiger partial charge in [-0.1, -0.05) is 24.3 Å². The first-order valence-corrected chi connectivity index (χ1v) is 8.99. The Morgan fingerprint density at radius 1 is 0.846 bits per heavy atom. The van der Waals surface area contributed by atoms with Crippen molar-refractivity contribution in [1.29, 1.82) is 0 Å². The molecule has 0 spiro atoms. The molecule has 0 atom stereocenters. The van der Waals surface area contributed by atoms with Crippen LogP contribution in [0.15, 0.2) is 36.5 Å². The van der Waals surface area contributed by atoms with Gasteiger partial charge in [0.25, 0.3) is 0 Å². The number of ether oxygens (including phenoxy) is 2. The van der Waals surface area contributed by atoms with Crippen molar-refractivity contribution in [2.24, 2.45) is 0 Å². The maximum absolute atomic E-state index is 10.3. The Morgan fingerprint density at radius 2 is 1.19 bits per heavy atom. The monoisotopic (exact) mass is 435 g/mol. The smallest absolute Gasteiger partial charge is 0.332 e. The molecular formula is C17H29CoO7P. The topological polar surface area (TPSA) is 80.3 Å². The van der Waals surface area contributed by atoms with E-state index in [9.17, 15) is 9.59 Å². The van der Waals surface area contributed by atoms with Gasteiger partial charge >= 0.3 is 20.5 Å². The van der Waals surface area contributed by atoms with E-state index >= 15 is 0 Å². The van der Waals surface area contributed by atoms with Crippen LogP contribution in [0.1, 0.15) is 27.2 Å². The molecule has 0 amide bonds. The Hall–Kier alpha value is -1.02. The van der Waals surface area contributed by atoms with Crippen LogP contribution >= 0.6 is 8.60 Å². The number of methoxy groups -OCH3 is 2. The molecular weight excluding hydrogens is 406 g/mol. The summed E-state index contributed by atoms with van der Waals surface area (Å²) in [6.07, 6.45) is 11.5. The van der Waals surface area contributed by atoms with E-state index in [2.05, 4.69) is 33.8 Å². The molecule has 1 aliphatic carbocycles. The average Bonchev–Trinajstić information content (AvgIpc) is 3.20. The third kappa shape index (κ3) is 23.0. The van der Waals surface area contributed by atoms with Crippen LogP contribution in [0.3, 0.4) is 0 Å². The van der Waals surface area contributed by atoms with E-state index in [0.717, 1.165) is 18.6 Å². The standard InChI is InChI=1S/C6H8O4.C6H15O3P.C5H6.Co/c1-9-5(7)3-4-6(8)10-2;1-4-7-10(8-5-2)9-6-3;1-2-4-5-3-1;/h3-4H,1-2H3;4-6H2,1-3H3;1-4H,5H2;. The van der Waals surface area contributed by atoms with Gasteiger partial charge in [-0.15, -0.1) is 0 Å². The van der Waals surface area contributed by atoms with Crippen molar-refractivity contribution >= 4 is 20.5 Å². The summed E-state index contributed by atoms with van der Waals surface area (Å²) >= 11 is 0. The minimum Gasteiger partial charge on any atom is -0.466 e. The van der Waals surface area contributed by atoms with Gasteiger partial charge in [-0.25, -0.2) is 9.59 Å². The number of esters is 2. The largest absolute Gasteiger partial charge is 0.466 e. The quantitative estimate of drug-likeness (QED) is 0.327. The van der Waals surface area contributed by atoms with Crippen molar-refractivity contribution in [3.05, 3.63) is 36.5 Å². The third-order valence-electron chi connectivity index (χ3n) is 2.12. The molecule has 0 bridgehead atoms. The van der Waals surface area contributed by atoms with E-state index in [1.807, 2.05) is 20.8 Å². The molecule has 0 heterocycles. The second-order valence-corrected chi connectivity index (χ2v) is 5.17. The first-order chi connectivity index (χ1) is 12.0. The minimum atomic E-state index is -1.06. The molecule has 0 aromatic rings. The molecule has 0 aromatic heterocycles. The summed E-state index contributed by atoms with van der Waals surface area (Å²) in [4.78, 5) is 20.6. The van der Waals surface area contributed by atoms with Crippen LogP contribution in [0, 0.1) is 0 Å².